The smallest absolute Gasteiger partial charge is 0.223 e. The molecule has 0 spiro atoms. The minimum atomic E-state index is 0.330. The Morgan fingerprint density at radius 3 is 2.71 bits per heavy atom. The molecule has 2 fully saturated rings. The molecule has 24 heavy (non-hydrogen) atoms. The van der Waals surface area contributed by atoms with Crippen LogP contribution in [0.1, 0.15) is 50.5 Å². The first-order valence-corrected chi connectivity index (χ1v) is 9.41. The second-order valence-corrected chi connectivity index (χ2v) is 7.55. The van der Waals surface area contributed by atoms with Crippen LogP contribution in [0.3, 0.4) is 0 Å². The van der Waals surface area contributed by atoms with Gasteiger partial charge in [0.05, 0.1) is 0 Å². The topological polar surface area (TPSA) is 43.8 Å². The lowest BCUT2D eigenvalue weighted by molar-refractivity contribution is -0.133. The van der Waals surface area contributed by atoms with Gasteiger partial charge in [-0.15, -0.1) is 0 Å². The summed E-state index contributed by atoms with van der Waals surface area (Å²) in [7, 11) is 0. The van der Waals surface area contributed by atoms with Gasteiger partial charge in [0.15, 0.2) is 0 Å². The van der Waals surface area contributed by atoms with E-state index >= 15 is 0 Å². The summed E-state index contributed by atoms with van der Waals surface area (Å²) in [5, 5.41) is 9.63. The molecular weight excluding hydrogens is 300 g/mol. The number of carbonyl (C=O) groups is 1. The largest absolute Gasteiger partial charge is 0.508 e. The normalized spacial score (nSPS) is 23.4. The number of nitrogens with zero attached hydrogens (tertiary/aromatic N) is 2. The molecule has 0 bridgehead atoms. The van der Waals surface area contributed by atoms with Gasteiger partial charge in [-0.1, -0.05) is 19.1 Å². The van der Waals surface area contributed by atoms with Crippen molar-refractivity contribution in [3.05, 3.63) is 29.8 Å². The van der Waals surface area contributed by atoms with Crippen LogP contribution >= 0.6 is 0 Å². The monoisotopic (exact) mass is 330 g/mol. The molecule has 2 aliphatic heterocycles. The van der Waals surface area contributed by atoms with Crippen LogP contribution in [0.25, 0.3) is 0 Å². The molecule has 4 heteroatoms. The Hall–Kier alpha value is -1.55. The van der Waals surface area contributed by atoms with E-state index in [1.807, 2.05) is 12.1 Å². The SMILES string of the molecule is C[C@H]1CCCN(C(=O)CCN2CCC(c3cccc(O)c3)CC2)C1. The second kappa shape index (κ2) is 8.02. The number of rotatable bonds is 4. The predicted octanol–water partition coefficient (Wildman–Crippen LogP) is 3.22. The highest BCUT2D eigenvalue weighted by Gasteiger charge is 2.24. The fraction of sp³-hybridized carbons (Fsp3) is 0.650. The van der Waals surface area contributed by atoms with Crippen molar-refractivity contribution >= 4 is 5.91 Å². The number of phenolic OH excluding ortho intramolecular Hbond substituents is 1. The van der Waals surface area contributed by atoms with E-state index in [2.05, 4.69) is 22.8 Å². The summed E-state index contributed by atoms with van der Waals surface area (Å²) in [5.74, 6) is 1.88. The number of aromatic hydroxyl groups is 1. The molecule has 4 nitrogen and oxygen atoms in total. The number of hydrogen-bond donors (Lipinski definition) is 1. The molecule has 1 atom stereocenters. The first-order chi connectivity index (χ1) is 11.6. The van der Waals surface area contributed by atoms with E-state index in [1.165, 1.54) is 12.0 Å². The summed E-state index contributed by atoms with van der Waals surface area (Å²) < 4.78 is 0. The van der Waals surface area contributed by atoms with E-state index in [-0.39, 0.29) is 0 Å². The zero-order valence-electron chi connectivity index (χ0n) is 14.8. The molecule has 2 heterocycles. The summed E-state index contributed by atoms with van der Waals surface area (Å²) in [6, 6.07) is 7.66. The Balaban J connectivity index is 1.41. The van der Waals surface area contributed by atoms with Crippen molar-refractivity contribution in [2.24, 2.45) is 5.92 Å². The average molecular weight is 330 g/mol. The van der Waals surface area contributed by atoms with Crippen LogP contribution in [0.4, 0.5) is 0 Å². The number of piperidine rings is 2. The van der Waals surface area contributed by atoms with E-state index in [0.717, 1.165) is 52.0 Å². The molecule has 0 radical (unpaired) electrons. The zero-order chi connectivity index (χ0) is 16.9. The minimum absolute atomic E-state index is 0.330. The fourth-order valence-electron chi connectivity index (χ4n) is 4.10. The van der Waals surface area contributed by atoms with E-state index in [9.17, 15) is 9.90 Å². The second-order valence-electron chi connectivity index (χ2n) is 7.55. The lowest BCUT2D eigenvalue weighted by Gasteiger charge is -2.34. The van der Waals surface area contributed by atoms with Crippen LogP contribution in [0.5, 0.6) is 5.75 Å². The van der Waals surface area contributed by atoms with Gasteiger partial charge in [-0.2, -0.15) is 0 Å². The molecule has 3 rings (SSSR count). The highest BCUT2D eigenvalue weighted by molar-refractivity contribution is 5.76. The van der Waals surface area contributed by atoms with Crippen LogP contribution in [0.2, 0.25) is 0 Å². The molecule has 1 aromatic rings. The van der Waals surface area contributed by atoms with Gasteiger partial charge in [0.1, 0.15) is 5.75 Å². The summed E-state index contributed by atoms with van der Waals surface area (Å²) in [4.78, 5) is 16.9. The van der Waals surface area contributed by atoms with Crippen molar-refractivity contribution < 1.29 is 9.90 Å². The first-order valence-electron chi connectivity index (χ1n) is 9.41. The minimum Gasteiger partial charge on any atom is -0.508 e. The third-order valence-corrected chi connectivity index (χ3v) is 5.58. The number of carbonyl (C=O) groups excluding carboxylic acids is 1. The zero-order valence-corrected chi connectivity index (χ0v) is 14.8. The standard InChI is InChI=1S/C20H30N2O2/c1-16-4-3-10-22(15-16)20(24)9-13-21-11-7-17(8-12-21)18-5-2-6-19(23)14-18/h2,5-6,14,16-17,23H,3-4,7-13,15H2,1H3/t16-/m0/s1. The van der Waals surface area contributed by atoms with Gasteiger partial charge < -0.3 is 14.9 Å². The van der Waals surface area contributed by atoms with Crippen LogP contribution in [0.15, 0.2) is 24.3 Å². The number of benzene rings is 1. The molecule has 1 aromatic carbocycles. The molecule has 2 saturated heterocycles. The molecule has 0 aliphatic carbocycles. The average Bonchev–Trinajstić information content (AvgIpc) is 2.60. The van der Waals surface area contributed by atoms with E-state index < -0.39 is 0 Å². The van der Waals surface area contributed by atoms with Crippen molar-refractivity contribution in [2.75, 3.05) is 32.7 Å². The molecule has 0 saturated carbocycles. The summed E-state index contributed by atoms with van der Waals surface area (Å²) in [6.07, 6.45) is 5.29. The molecule has 2 aliphatic rings. The molecular formula is C20H30N2O2. The highest BCUT2D eigenvalue weighted by Crippen LogP contribution is 2.29. The van der Waals surface area contributed by atoms with Gasteiger partial charge in [-0.05, 0) is 68.3 Å². The first kappa shape index (κ1) is 17.3. The maximum absolute atomic E-state index is 12.4. The Bertz CT molecular complexity index is 552. The van der Waals surface area contributed by atoms with Gasteiger partial charge >= 0.3 is 0 Å². The summed E-state index contributed by atoms with van der Waals surface area (Å²) in [6.45, 7) is 7.11. The number of likely N-dealkylation sites (tertiary alicyclic amines) is 2. The molecule has 132 valence electrons. The number of hydrogen-bond acceptors (Lipinski definition) is 3. The maximum Gasteiger partial charge on any atom is 0.223 e. The quantitative estimate of drug-likeness (QED) is 0.922. The number of phenols is 1. The van der Waals surface area contributed by atoms with Crippen molar-refractivity contribution in [3.63, 3.8) is 0 Å². The molecule has 0 aromatic heterocycles. The summed E-state index contributed by atoms with van der Waals surface area (Å²) >= 11 is 0. The Morgan fingerprint density at radius 1 is 1.21 bits per heavy atom. The van der Waals surface area contributed by atoms with Crippen molar-refractivity contribution in [3.8, 4) is 5.75 Å². The van der Waals surface area contributed by atoms with Crippen LogP contribution < -0.4 is 0 Å². The highest BCUT2D eigenvalue weighted by atomic mass is 16.3. The van der Waals surface area contributed by atoms with Crippen LogP contribution in [-0.4, -0.2) is 53.5 Å². The predicted molar refractivity (Wildman–Crippen MR) is 96.1 cm³/mol. The van der Waals surface area contributed by atoms with E-state index in [0.29, 0.717) is 29.9 Å². The fourth-order valence-corrected chi connectivity index (χ4v) is 4.10. The van der Waals surface area contributed by atoms with Gasteiger partial charge in [0.2, 0.25) is 5.91 Å². The van der Waals surface area contributed by atoms with Crippen LogP contribution in [-0.2, 0) is 4.79 Å². The number of amides is 1. The maximum atomic E-state index is 12.4. The third kappa shape index (κ3) is 4.50. The Morgan fingerprint density at radius 2 is 2.00 bits per heavy atom. The third-order valence-electron chi connectivity index (χ3n) is 5.58. The van der Waals surface area contributed by atoms with Crippen molar-refractivity contribution in [1.82, 2.24) is 9.80 Å². The Kier molecular flexibility index (Phi) is 5.77. The molecule has 1 amide bonds. The summed E-state index contributed by atoms with van der Waals surface area (Å²) in [5.41, 5.74) is 1.24. The molecule has 0 unspecified atom stereocenters. The van der Waals surface area contributed by atoms with Crippen LogP contribution in [0, 0.1) is 5.92 Å². The lowest BCUT2D eigenvalue weighted by Crippen LogP contribution is -2.41. The van der Waals surface area contributed by atoms with E-state index in [1.54, 1.807) is 6.07 Å². The van der Waals surface area contributed by atoms with Gasteiger partial charge in [-0.25, -0.2) is 0 Å². The van der Waals surface area contributed by atoms with Crippen molar-refractivity contribution in [1.29, 1.82) is 0 Å². The van der Waals surface area contributed by atoms with Crippen molar-refractivity contribution in [2.45, 2.75) is 44.9 Å². The lowest BCUT2D eigenvalue weighted by atomic mass is 9.89. The Labute approximate surface area is 145 Å². The van der Waals surface area contributed by atoms with Gasteiger partial charge in [-0.3, -0.25) is 4.79 Å². The van der Waals surface area contributed by atoms with Gasteiger partial charge in [0, 0.05) is 26.1 Å². The van der Waals surface area contributed by atoms with E-state index in [4.69, 9.17) is 0 Å². The molecule has 1 N–H and O–H groups in total. The van der Waals surface area contributed by atoms with Gasteiger partial charge in [0.25, 0.3) is 0 Å².